The van der Waals surface area contributed by atoms with Crippen molar-refractivity contribution in [1.29, 1.82) is 0 Å². The maximum atomic E-state index is 11.1. The smallest absolute Gasteiger partial charge is 0.238 e. The highest BCUT2D eigenvalue weighted by Crippen LogP contribution is 2.47. The minimum absolute atomic E-state index is 0.170. The molecule has 0 aliphatic heterocycles. The van der Waals surface area contributed by atoms with E-state index in [1.807, 2.05) is 12.1 Å². The SMILES string of the molecule is CC(NCCc1ccc(S(N)(=O)=O)cc1)C1(C)CC1. The Balaban J connectivity index is 1.83. The van der Waals surface area contributed by atoms with E-state index in [2.05, 4.69) is 19.2 Å². The predicted molar refractivity (Wildman–Crippen MR) is 76.3 cm³/mol. The van der Waals surface area contributed by atoms with E-state index in [0.717, 1.165) is 18.5 Å². The summed E-state index contributed by atoms with van der Waals surface area (Å²) in [5.41, 5.74) is 1.60. The Morgan fingerprint density at radius 3 is 2.37 bits per heavy atom. The summed E-state index contributed by atoms with van der Waals surface area (Å²) in [6.07, 6.45) is 3.51. The average Bonchev–Trinajstić information content (AvgIpc) is 3.08. The highest BCUT2D eigenvalue weighted by molar-refractivity contribution is 7.89. The summed E-state index contributed by atoms with van der Waals surface area (Å²) in [6, 6.07) is 7.32. The lowest BCUT2D eigenvalue weighted by Crippen LogP contribution is -2.34. The van der Waals surface area contributed by atoms with Crippen LogP contribution < -0.4 is 10.5 Å². The van der Waals surface area contributed by atoms with Crippen LogP contribution in [0.5, 0.6) is 0 Å². The molecule has 1 aromatic rings. The van der Waals surface area contributed by atoms with Gasteiger partial charge in [-0.1, -0.05) is 19.1 Å². The maximum absolute atomic E-state index is 11.1. The topological polar surface area (TPSA) is 72.2 Å². The van der Waals surface area contributed by atoms with Crippen molar-refractivity contribution < 1.29 is 8.42 Å². The second kappa shape index (κ2) is 5.23. The Morgan fingerprint density at radius 2 is 1.89 bits per heavy atom. The van der Waals surface area contributed by atoms with Gasteiger partial charge in [-0.05, 0) is 55.8 Å². The van der Waals surface area contributed by atoms with Crippen molar-refractivity contribution in [3.63, 3.8) is 0 Å². The Labute approximate surface area is 115 Å². The molecule has 1 unspecified atom stereocenters. The van der Waals surface area contributed by atoms with Gasteiger partial charge in [-0.25, -0.2) is 13.6 Å². The first-order valence-corrected chi connectivity index (χ1v) is 8.21. The Bertz CT molecular complexity index is 533. The van der Waals surface area contributed by atoms with E-state index in [0.29, 0.717) is 11.5 Å². The summed E-state index contributed by atoms with van der Waals surface area (Å²) in [5, 5.41) is 8.60. The van der Waals surface area contributed by atoms with Crippen molar-refractivity contribution in [3.8, 4) is 0 Å². The molecule has 2 rings (SSSR count). The van der Waals surface area contributed by atoms with Crippen LogP contribution >= 0.6 is 0 Å². The van der Waals surface area contributed by atoms with Crippen molar-refractivity contribution >= 4 is 10.0 Å². The third-order valence-electron chi connectivity index (χ3n) is 4.20. The molecule has 0 saturated heterocycles. The van der Waals surface area contributed by atoms with Crippen LogP contribution in [-0.2, 0) is 16.4 Å². The van der Waals surface area contributed by atoms with Gasteiger partial charge < -0.3 is 5.32 Å². The van der Waals surface area contributed by atoms with E-state index in [1.165, 1.54) is 12.8 Å². The van der Waals surface area contributed by atoms with Gasteiger partial charge in [0.15, 0.2) is 0 Å². The molecule has 1 aliphatic carbocycles. The number of primary sulfonamides is 1. The van der Waals surface area contributed by atoms with E-state index < -0.39 is 10.0 Å². The van der Waals surface area contributed by atoms with Gasteiger partial charge >= 0.3 is 0 Å². The van der Waals surface area contributed by atoms with Crippen molar-refractivity contribution in [3.05, 3.63) is 29.8 Å². The zero-order valence-electron chi connectivity index (χ0n) is 11.5. The Hall–Kier alpha value is -0.910. The fraction of sp³-hybridized carbons (Fsp3) is 0.571. The lowest BCUT2D eigenvalue weighted by atomic mass is 10.0. The van der Waals surface area contributed by atoms with Crippen LogP contribution in [-0.4, -0.2) is 21.0 Å². The molecule has 1 aromatic carbocycles. The van der Waals surface area contributed by atoms with Crippen LogP contribution in [0.3, 0.4) is 0 Å². The van der Waals surface area contributed by atoms with E-state index in [4.69, 9.17) is 5.14 Å². The molecule has 106 valence electrons. The fourth-order valence-corrected chi connectivity index (χ4v) is 2.67. The summed E-state index contributed by atoms with van der Waals surface area (Å²) >= 11 is 0. The second-order valence-corrected chi connectivity index (χ2v) is 7.33. The molecule has 0 heterocycles. The first kappa shape index (κ1) is 14.5. The molecule has 0 spiro atoms. The van der Waals surface area contributed by atoms with E-state index in [9.17, 15) is 8.42 Å². The highest BCUT2D eigenvalue weighted by atomic mass is 32.2. The number of nitrogens with one attached hydrogen (secondary N) is 1. The van der Waals surface area contributed by atoms with E-state index in [1.54, 1.807) is 12.1 Å². The van der Waals surface area contributed by atoms with Crippen molar-refractivity contribution in [2.24, 2.45) is 10.6 Å². The van der Waals surface area contributed by atoms with Crippen molar-refractivity contribution in [2.45, 2.75) is 44.0 Å². The first-order chi connectivity index (χ1) is 8.81. The van der Waals surface area contributed by atoms with Gasteiger partial charge in [-0.15, -0.1) is 0 Å². The number of rotatable bonds is 6. The summed E-state index contributed by atoms with van der Waals surface area (Å²) in [5.74, 6) is 0. The predicted octanol–water partition coefficient (Wildman–Crippen LogP) is 1.65. The van der Waals surface area contributed by atoms with Crippen LogP contribution in [0.2, 0.25) is 0 Å². The fourth-order valence-electron chi connectivity index (χ4n) is 2.16. The molecular formula is C14H22N2O2S. The molecule has 0 bridgehead atoms. The number of benzene rings is 1. The Morgan fingerprint density at radius 1 is 1.32 bits per heavy atom. The van der Waals surface area contributed by atoms with Crippen molar-refractivity contribution in [1.82, 2.24) is 5.32 Å². The molecule has 4 nitrogen and oxygen atoms in total. The summed E-state index contributed by atoms with van der Waals surface area (Å²) in [4.78, 5) is 0.170. The van der Waals surface area contributed by atoms with Gasteiger partial charge in [0, 0.05) is 6.04 Å². The van der Waals surface area contributed by atoms with Gasteiger partial charge in [-0.2, -0.15) is 0 Å². The zero-order chi connectivity index (χ0) is 14.1. The van der Waals surface area contributed by atoms with Crippen LogP contribution in [0.25, 0.3) is 0 Å². The van der Waals surface area contributed by atoms with Crippen molar-refractivity contribution in [2.75, 3.05) is 6.54 Å². The van der Waals surface area contributed by atoms with Gasteiger partial charge in [0.05, 0.1) is 4.90 Å². The number of hydrogen-bond acceptors (Lipinski definition) is 3. The lowest BCUT2D eigenvalue weighted by molar-refractivity contribution is 0.383. The molecule has 3 N–H and O–H groups in total. The number of sulfonamides is 1. The Kier molecular flexibility index (Phi) is 3.99. The molecule has 19 heavy (non-hydrogen) atoms. The molecule has 1 atom stereocenters. The number of hydrogen-bond donors (Lipinski definition) is 2. The molecule has 5 heteroatoms. The second-order valence-electron chi connectivity index (χ2n) is 5.77. The summed E-state index contributed by atoms with van der Waals surface area (Å²) in [7, 11) is -3.58. The lowest BCUT2D eigenvalue weighted by Gasteiger charge is -2.20. The number of nitrogens with two attached hydrogens (primary N) is 1. The van der Waals surface area contributed by atoms with Crippen LogP contribution in [0.1, 0.15) is 32.3 Å². The molecule has 1 aliphatic rings. The average molecular weight is 282 g/mol. The molecular weight excluding hydrogens is 260 g/mol. The van der Waals surface area contributed by atoms with E-state index >= 15 is 0 Å². The molecule has 1 saturated carbocycles. The van der Waals surface area contributed by atoms with Gasteiger partial charge in [0.1, 0.15) is 0 Å². The standard InChI is InChI=1S/C14H22N2O2S/c1-11(14(2)8-9-14)16-10-7-12-3-5-13(6-4-12)19(15,17)18/h3-6,11,16H,7-10H2,1-2H3,(H2,15,17,18). The third-order valence-corrected chi connectivity index (χ3v) is 5.13. The maximum Gasteiger partial charge on any atom is 0.238 e. The normalized spacial score (nSPS) is 19.1. The quantitative estimate of drug-likeness (QED) is 0.833. The monoisotopic (exact) mass is 282 g/mol. The van der Waals surface area contributed by atoms with Crippen LogP contribution in [0, 0.1) is 5.41 Å². The largest absolute Gasteiger partial charge is 0.313 e. The molecule has 0 radical (unpaired) electrons. The summed E-state index contributed by atoms with van der Waals surface area (Å²) in [6.45, 7) is 5.45. The zero-order valence-corrected chi connectivity index (χ0v) is 12.3. The van der Waals surface area contributed by atoms with Crippen LogP contribution in [0.4, 0.5) is 0 Å². The molecule has 0 aromatic heterocycles. The molecule has 1 fully saturated rings. The highest BCUT2D eigenvalue weighted by Gasteiger charge is 2.41. The first-order valence-electron chi connectivity index (χ1n) is 6.66. The van der Waals surface area contributed by atoms with E-state index in [-0.39, 0.29) is 4.90 Å². The van der Waals surface area contributed by atoms with Gasteiger partial charge in [0.2, 0.25) is 10.0 Å². The van der Waals surface area contributed by atoms with Crippen LogP contribution in [0.15, 0.2) is 29.2 Å². The third kappa shape index (κ3) is 3.78. The summed E-state index contributed by atoms with van der Waals surface area (Å²) < 4.78 is 22.3. The van der Waals surface area contributed by atoms with Gasteiger partial charge in [-0.3, -0.25) is 0 Å². The minimum Gasteiger partial charge on any atom is -0.313 e. The molecule has 0 amide bonds. The minimum atomic E-state index is -3.58. The van der Waals surface area contributed by atoms with Gasteiger partial charge in [0.25, 0.3) is 0 Å².